The van der Waals surface area contributed by atoms with Gasteiger partial charge in [0.1, 0.15) is 5.75 Å². The summed E-state index contributed by atoms with van der Waals surface area (Å²) in [5.74, 6) is 0.927. The van der Waals surface area contributed by atoms with Crippen LogP contribution in [-0.2, 0) is 4.79 Å². The van der Waals surface area contributed by atoms with E-state index in [4.69, 9.17) is 4.74 Å². The maximum atomic E-state index is 13.8. The van der Waals surface area contributed by atoms with Crippen molar-refractivity contribution < 1.29 is 14.3 Å². The van der Waals surface area contributed by atoms with Gasteiger partial charge in [0.15, 0.2) is 0 Å². The van der Waals surface area contributed by atoms with E-state index in [1.165, 1.54) is 0 Å². The van der Waals surface area contributed by atoms with Gasteiger partial charge in [-0.1, -0.05) is 70.2 Å². The van der Waals surface area contributed by atoms with Gasteiger partial charge in [-0.15, -0.1) is 0 Å². The van der Waals surface area contributed by atoms with E-state index >= 15 is 0 Å². The van der Waals surface area contributed by atoms with Gasteiger partial charge in [0.25, 0.3) is 5.91 Å². The molecule has 4 rings (SSSR count). The molecule has 2 amide bonds. The highest BCUT2D eigenvalue weighted by atomic mass is 16.5. The molecule has 0 bridgehead atoms. The molecule has 1 aliphatic heterocycles. The highest BCUT2D eigenvalue weighted by molar-refractivity contribution is 6.02. The van der Waals surface area contributed by atoms with E-state index in [1.54, 1.807) is 7.11 Å². The number of benzene rings is 3. The van der Waals surface area contributed by atoms with Crippen molar-refractivity contribution in [3.63, 3.8) is 0 Å². The fraction of sp³-hybridized carbons (Fsp3) is 0.429. The van der Waals surface area contributed by atoms with Crippen LogP contribution in [0.25, 0.3) is 0 Å². The number of rotatable bonds is 10. The molecule has 7 nitrogen and oxygen atoms in total. The van der Waals surface area contributed by atoms with Gasteiger partial charge in [0.2, 0.25) is 5.91 Å². The molecule has 0 aliphatic carbocycles. The molecule has 0 saturated carbocycles. The van der Waals surface area contributed by atoms with Crippen LogP contribution >= 0.6 is 0 Å². The Kier molecular flexibility index (Phi) is 10.2. The summed E-state index contributed by atoms with van der Waals surface area (Å²) in [7, 11) is 1.70. The molecule has 2 atom stereocenters. The lowest BCUT2D eigenvalue weighted by molar-refractivity contribution is -0.117. The molecule has 3 aromatic rings. The van der Waals surface area contributed by atoms with Gasteiger partial charge in [0, 0.05) is 44.0 Å². The fourth-order valence-electron chi connectivity index (χ4n) is 5.90. The smallest absolute Gasteiger partial charge is 0.253 e. The van der Waals surface area contributed by atoms with E-state index < -0.39 is 0 Å². The number of nitrogens with one attached hydrogen (secondary N) is 2. The van der Waals surface area contributed by atoms with E-state index in [-0.39, 0.29) is 29.2 Å². The first-order valence-electron chi connectivity index (χ1n) is 15.0. The number of para-hydroxylation sites is 2. The number of carbonyl (C=O) groups is 2. The van der Waals surface area contributed by atoms with E-state index in [1.807, 2.05) is 73.7 Å². The van der Waals surface area contributed by atoms with Crippen LogP contribution in [0.5, 0.6) is 5.75 Å². The topological polar surface area (TPSA) is 73.9 Å². The predicted octanol–water partition coefficient (Wildman–Crippen LogP) is 6.91. The Morgan fingerprint density at radius 2 is 1.48 bits per heavy atom. The molecule has 224 valence electrons. The molecule has 2 unspecified atom stereocenters. The lowest BCUT2D eigenvalue weighted by atomic mass is 9.84. The summed E-state index contributed by atoms with van der Waals surface area (Å²) in [5.41, 5.74) is 4.34. The third-order valence-electron chi connectivity index (χ3n) is 7.71. The standard InChI is InChI=1S/C35H46N4O3/c1-25(24-35(3,4)5)22-33(40)37-28-16-17-30(29(23-28)34(41)36-26(2)27-12-8-7-9-13-27)38-18-20-39(21-19-38)31-14-10-11-15-32(31)42-6/h7-17,23,25-26H,18-22,24H2,1-6H3,(H,36,41)(H,37,40). The Bertz CT molecular complexity index is 1340. The van der Waals surface area contributed by atoms with Crippen molar-refractivity contribution in [2.45, 2.75) is 53.5 Å². The number of carbonyl (C=O) groups excluding carboxylic acids is 2. The Balaban J connectivity index is 1.53. The summed E-state index contributed by atoms with van der Waals surface area (Å²) >= 11 is 0. The molecule has 0 radical (unpaired) electrons. The first-order chi connectivity index (χ1) is 20.0. The van der Waals surface area contributed by atoms with Crippen LogP contribution in [0.15, 0.2) is 72.8 Å². The summed E-state index contributed by atoms with van der Waals surface area (Å²) in [4.78, 5) is 31.3. The molecule has 0 spiro atoms. The van der Waals surface area contributed by atoms with Crippen molar-refractivity contribution >= 4 is 28.9 Å². The van der Waals surface area contributed by atoms with Crippen LogP contribution in [0.2, 0.25) is 0 Å². The summed E-state index contributed by atoms with van der Waals surface area (Å²) in [6.07, 6.45) is 1.40. The van der Waals surface area contributed by atoms with Gasteiger partial charge >= 0.3 is 0 Å². The number of piperazine rings is 1. The Labute approximate surface area is 251 Å². The van der Waals surface area contributed by atoms with E-state index in [9.17, 15) is 9.59 Å². The van der Waals surface area contributed by atoms with Crippen LogP contribution in [0.4, 0.5) is 17.1 Å². The molecular weight excluding hydrogens is 524 g/mol. The van der Waals surface area contributed by atoms with Gasteiger partial charge in [0.05, 0.1) is 24.4 Å². The van der Waals surface area contributed by atoms with Crippen molar-refractivity contribution in [2.24, 2.45) is 11.3 Å². The highest BCUT2D eigenvalue weighted by Crippen LogP contribution is 2.32. The Hall–Kier alpha value is -4.00. The fourth-order valence-corrected chi connectivity index (χ4v) is 5.90. The van der Waals surface area contributed by atoms with Crippen LogP contribution in [0.1, 0.15) is 69.4 Å². The zero-order valence-electron chi connectivity index (χ0n) is 25.9. The second kappa shape index (κ2) is 13.8. The second-order valence-electron chi connectivity index (χ2n) is 12.6. The van der Waals surface area contributed by atoms with Gasteiger partial charge < -0.3 is 25.2 Å². The number of methoxy groups -OCH3 is 1. The van der Waals surface area contributed by atoms with Crippen molar-refractivity contribution in [3.05, 3.63) is 83.9 Å². The van der Waals surface area contributed by atoms with Gasteiger partial charge in [-0.25, -0.2) is 0 Å². The Morgan fingerprint density at radius 1 is 0.857 bits per heavy atom. The molecule has 0 aromatic heterocycles. The monoisotopic (exact) mass is 570 g/mol. The molecular formula is C35H46N4O3. The summed E-state index contributed by atoms with van der Waals surface area (Å²) < 4.78 is 5.58. The lowest BCUT2D eigenvalue weighted by Gasteiger charge is -2.38. The van der Waals surface area contributed by atoms with Crippen LogP contribution in [0, 0.1) is 11.3 Å². The van der Waals surface area contributed by atoms with Crippen LogP contribution < -0.4 is 25.2 Å². The first-order valence-corrected chi connectivity index (χ1v) is 15.0. The second-order valence-corrected chi connectivity index (χ2v) is 12.6. The van der Waals surface area contributed by atoms with Gasteiger partial charge in [-0.2, -0.15) is 0 Å². The van der Waals surface area contributed by atoms with Crippen LogP contribution in [-0.4, -0.2) is 45.1 Å². The van der Waals surface area contributed by atoms with E-state index in [0.29, 0.717) is 17.7 Å². The molecule has 1 aliphatic rings. The van der Waals surface area contributed by atoms with Crippen LogP contribution in [0.3, 0.4) is 0 Å². The average Bonchev–Trinajstić information content (AvgIpc) is 2.96. The summed E-state index contributed by atoms with van der Waals surface area (Å²) in [6, 6.07) is 23.5. The maximum Gasteiger partial charge on any atom is 0.253 e. The number of hydrogen-bond acceptors (Lipinski definition) is 5. The van der Waals surface area contributed by atoms with E-state index in [2.05, 4.69) is 54.2 Å². The zero-order chi connectivity index (χ0) is 30.3. The van der Waals surface area contributed by atoms with Crippen molar-refractivity contribution in [1.82, 2.24) is 5.32 Å². The molecule has 7 heteroatoms. The highest BCUT2D eigenvalue weighted by Gasteiger charge is 2.25. The van der Waals surface area contributed by atoms with Gasteiger partial charge in [-0.3, -0.25) is 9.59 Å². The minimum atomic E-state index is -0.162. The van der Waals surface area contributed by atoms with Crippen molar-refractivity contribution in [2.75, 3.05) is 48.4 Å². The minimum absolute atomic E-state index is 0.0334. The molecule has 2 N–H and O–H groups in total. The lowest BCUT2D eigenvalue weighted by Crippen LogP contribution is -2.47. The number of ether oxygens (including phenoxy) is 1. The number of anilines is 3. The molecule has 1 heterocycles. The molecule has 1 fully saturated rings. The summed E-state index contributed by atoms with van der Waals surface area (Å²) in [6.45, 7) is 13.8. The quantitative estimate of drug-likeness (QED) is 0.277. The molecule has 1 saturated heterocycles. The number of hydrogen-bond donors (Lipinski definition) is 2. The number of amides is 2. The number of nitrogens with zero attached hydrogens (tertiary/aromatic N) is 2. The molecule has 42 heavy (non-hydrogen) atoms. The normalized spacial score (nSPS) is 15.1. The third-order valence-corrected chi connectivity index (χ3v) is 7.71. The predicted molar refractivity (Wildman–Crippen MR) is 173 cm³/mol. The van der Waals surface area contributed by atoms with Gasteiger partial charge in [-0.05, 0) is 60.6 Å². The average molecular weight is 571 g/mol. The zero-order valence-corrected chi connectivity index (χ0v) is 25.9. The third kappa shape index (κ3) is 8.28. The SMILES string of the molecule is COc1ccccc1N1CCN(c2ccc(NC(=O)CC(C)CC(C)(C)C)cc2C(=O)NC(C)c2ccccc2)CC1. The first kappa shape index (κ1) is 30.9. The molecule has 3 aromatic carbocycles. The minimum Gasteiger partial charge on any atom is -0.495 e. The van der Waals surface area contributed by atoms with E-state index in [0.717, 1.165) is 55.3 Å². The summed E-state index contributed by atoms with van der Waals surface area (Å²) in [5, 5.41) is 6.23. The van der Waals surface area contributed by atoms with Crippen molar-refractivity contribution in [1.29, 1.82) is 0 Å². The maximum absolute atomic E-state index is 13.8. The van der Waals surface area contributed by atoms with Crippen molar-refractivity contribution in [3.8, 4) is 5.75 Å². The largest absolute Gasteiger partial charge is 0.495 e. The Morgan fingerprint density at radius 3 is 2.12 bits per heavy atom.